The first-order chi connectivity index (χ1) is 12.9. The molecule has 2 aliphatic carbocycles. The minimum Gasteiger partial charge on any atom is -0.465 e. The van der Waals surface area contributed by atoms with E-state index in [1.807, 2.05) is 6.07 Å². The molecule has 1 heterocycles. The van der Waals surface area contributed by atoms with Crippen LogP contribution in [0.15, 0.2) is 9.85 Å². The number of ether oxygens (including phenoxy) is 1. The maximum Gasteiger partial charge on any atom is 0.350 e. The van der Waals surface area contributed by atoms with Crippen LogP contribution in [0, 0.1) is 11.8 Å². The van der Waals surface area contributed by atoms with Crippen molar-refractivity contribution in [1.29, 1.82) is 0 Å². The Labute approximate surface area is 172 Å². The van der Waals surface area contributed by atoms with E-state index in [-0.39, 0.29) is 17.9 Å². The zero-order chi connectivity index (χ0) is 19.6. The van der Waals surface area contributed by atoms with Gasteiger partial charge in [0.15, 0.2) is 0 Å². The Morgan fingerprint density at radius 3 is 2.37 bits per heavy atom. The number of amides is 1. The van der Waals surface area contributed by atoms with Gasteiger partial charge in [0.05, 0.1) is 16.6 Å². The molecule has 0 N–H and O–H groups in total. The van der Waals surface area contributed by atoms with Crippen molar-refractivity contribution in [3.8, 4) is 0 Å². The second kappa shape index (κ2) is 9.03. The first-order valence-corrected chi connectivity index (χ1v) is 11.4. The van der Waals surface area contributed by atoms with Crippen LogP contribution in [0.5, 0.6) is 0 Å². The zero-order valence-electron chi connectivity index (χ0n) is 15.9. The van der Waals surface area contributed by atoms with Gasteiger partial charge >= 0.3 is 5.97 Å². The number of carbonyl (C=O) groups excluding carboxylic acids is 2. The van der Waals surface area contributed by atoms with E-state index in [1.165, 1.54) is 18.4 Å². The van der Waals surface area contributed by atoms with Gasteiger partial charge in [-0.15, -0.1) is 11.3 Å². The van der Waals surface area contributed by atoms with Crippen LogP contribution in [0.2, 0.25) is 0 Å². The Balaban J connectivity index is 1.93. The second-order valence-electron chi connectivity index (χ2n) is 7.83. The molecule has 0 radical (unpaired) electrons. The standard InChI is InChI=1S/C20H27BrFNO3S/c1-12-3-5-13(6-4-12)19(24)23(15-9-7-14(22)8-10-15)16-11-17(21)27-18(16)20(25)26-2/h11-15H,3-10H2,1-2H3/t12-,13-,14-,15+. The van der Waals surface area contributed by atoms with Crippen LogP contribution in [0.25, 0.3) is 0 Å². The first-order valence-electron chi connectivity index (χ1n) is 9.75. The molecule has 2 fully saturated rings. The zero-order valence-corrected chi connectivity index (χ0v) is 18.3. The maximum absolute atomic E-state index is 13.7. The minimum absolute atomic E-state index is 0.0199. The number of halogens is 2. The molecule has 2 aliphatic rings. The molecule has 1 aromatic heterocycles. The number of carbonyl (C=O) groups is 2. The quantitative estimate of drug-likeness (QED) is 0.539. The van der Waals surface area contributed by atoms with Gasteiger partial charge in [-0.1, -0.05) is 6.92 Å². The predicted molar refractivity (Wildman–Crippen MR) is 109 cm³/mol. The molecule has 0 spiro atoms. The van der Waals surface area contributed by atoms with Gasteiger partial charge in [0, 0.05) is 12.0 Å². The van der Waals surface area contributed by atoms with E-state index in [0.717, 1.165) is 29.5 Å². The monoisotopic (exact) mass is 459 g/mol. The van der Waals surface area contributed by atoms with Crippen molar-refractivity contribution in [3.05, 3.63) is 14.7 Å². The fourth-order valence-electron chi connectivity index (χ4n) is 4.26. The Hall–Kier alpha value is -0.950. The predicted octanol–water partition coefficient (Wildman–Crippen LogP) is 5.74. The lowest BCUT2D eigenvalue weighted by atomic mass is 9.81. The smallest absolute Gasteiger partial charge is 0.350 e. The number of thiophene rings is 1. The Morgan fingerprint density at radius 1 is 1.15 bits per heavy atom. The van der Waals surface area contributed by atoms with Gasteiger partial charge in [-0.05, 0) is 79.3 Å². The summed E-state index contributed by atoms with van der Waals surface area (Å²) < 4.78 is 19.4. The molecule has 0 bridgehead atoms. The third-order valence-electron chi connectivity index (χ3n) is 5.91. The number of hydrogen-bond donors (Lipinski definition) is 0. The van der Waals surface area contributed by atoms with Crippen LogP contribution in [-0.2, 0) is 9.53 Å². The number of alkyl halides is 1. The van der Waals surface area contributed by atoms with E-state index in [0.29, 0.717) is 42.2 Å². The van der Waals surface area contributed by atoms with Crippen LogP contribution >= 0.6 is 27.3 Å². The van der Waals surface area contributed by atoms with Crippen molar-refractivity contribution >= 4 is 44.8 Å². The lowest BCUT2D eigenvalue weighted by Crippen LogP contribution is -2.46. The van der Waals surface area contributed by atoms with Gasteiger partial charge in [0.1, 0.15) is 11.0 Å². The molecule has 1 aromatic rings. The van der Waals surface area contributed by atoms with E-state index in [1.54, 1.807) is 4.90 Å². The molecule has 27 heavy (non-hydrogen) atoms. The molecule has 7 heteroatoms. The van der Waals surface area contributed by atoms with Gasteiger partial charge in [-0.2, -0.15) is 0 Å². The molecule has 0 unspecified atom stereocenters. The fourth-order valence-corrected chi connectivity index (χ4v) is 5.76. The van der Waals surface area contributed by atoms with Gasteiger partial charge in [0.2, 0.25) is 5.91 Å². The Bertz CT molecular complexity index is 679. The van der Waals surface area contributed by atoms with E-state index in [4.69, 9.17) is 4.74 Å². The van der Waals surface area contributed by atoms with Gasteiger partial charge in [0.25, 0.3) is 0 Å². The van der Waals surface area contributed by atoms with Crippen LogP contribution in [0.1, 0.15) is 68.0 Å². The molecular formula is C20H27BrFNO3S. The van der Waals surface area contributed by atoms with Crippen molar-refractivity contribution in [2.75, 3.05) is 12.0 Å². The topological polar surface area (TPSA) is 46.6 Å². The van der Waals surface area contributed by atoms with E-state index >= 15 is 0 Å². The lowest BCUT2D eigenvalue weighted by molar-refractivity contribution is -0.124. The molecule has 0 saturated heterocycles. The van der Waals surface area contributed by atoms with Crippen LogP contribution < -0.4 is 4.90 Å². The molecule has 2 saturated carbocycles. The summed E-state index contributed by atoms with van der Waals surface area (Å²) in [5, 5.41) is 0. The van der Waals surface area contributed by atoms with Crippen molar-refractivity contribution in [2.24, 2.45) is 11.8 Å². The van der Waals surface area contributed by atoms with E-state index in [2.05, 4.69) is 22.9 Å². The summed E-state index contributed by atoms with van der Waals surface area (Å²) in [5.74, 6) is 0.286. The highest BCUT2D eigenvalue weighted by atomic mass is 79.9. The van der Waals surface area contributed by atoms with Gasteiger partial charge in [-0.25, -0.2) is 9.18 Å². The molecule has 150 valence electrons. The summed E-state index contributed by atoms with van der Waals surface area (Å²) in [4.78, 5) is 28.1. The Kier molecular flexibility index (Phi) is 6.95. The average molecular weight is 460 g/mol. The minimum atomic E-state index is -0.789. The van der Waals surface area contributed by atoms with Crippen molar-refractivity contribution in [1.82, 2.24) is 0 Å². The highest BCUT2D eigenvalue weighted by molar-refractivity contribution is 9.11. The summed E-state index contributed by atoms with van der Waals surface area (Å²) in [5.41, 5.74) is 0.615. The highest BCUT2D eigenvalue weighted by Crippen LogP contribution is 2.40. The number of anilines is 1. The summed E-state index contributed by atoms with van der Waals surface area (Å²) >= 11 is 4.73. The normalized spacial score (nSPS) is 28.6. The maximum atomic E-state index is 13.7. The second-order valence-corrected chi connectivity index (χ2v) is 10.3. The molecule has 0 atom stereocenters. The van der Waals surface area contributed by atoms with Crippen molar-refractivity contribution in [2.45, 2.75) is 70.5 Å². The molecule has 4 nitrogen and oxygen atoms in total. The first kappa shape index (κ1) is 20.8. The number of hydrogen-bond acceptors (Lipinski definition) is 4. The van der Waals surface area contributed by atoms with Crippen molar-refractivity contribution < 1.29 is 18.7 Å². The highest BCUT2D eigenvalue weighted by Gasteiger charge is 2.37. The molecule has 0 aliphatic heterocycles. The molecule has 0 aromatic carbocycles. The molecule has 1 amide bonds. The lowest BCUT2D eigenvalue weighted by Gasteiger charge is -2.38. The fraction of sp³-hybridized carbons (Fsp3) is 0.700. The summed E-state index contributed by atoms with van der Waals surface area (Å²) in [6, 6.07) is 1.77. The number of methoxy groups -OCH3 is 1. The average Bonchev–Trinajstić information content (AvgIpc) is 3.04. The molecule has 3 rings (SSSR count). The van der Waals surface area contributed by atoms with Crippen molar-refractivity contribution in [3.63, 3.8) is 0 Å². The van der Waals surface area contributed by atoms with E-state index in [9.17, 15) is 14.0 Å². The van der Waals surface area contributed by atoms with Crippen LogP contribution in [0.3, 0.4) is 0 Å². The van der Waals surface area contributed by atoms with E-state index < -0.39 is 12.1 Å². The van der Waals surface area contributed by atoms with Gasteiger partial charge < -0.3 is 9.64 Å². The SMILES string of the molecule is COC(=O)c1sc(Br)cc1N(C(=O)[C@H]1CC[C@H](C)CC1)[C@H]1CC[C@@H](F)CC1. The number of rotatable bonds is 4. The third kappa shape index (κ3) is 4.73. The summed E-state index contributed by atoms with van der Waals surface area (Å²) in [7, 11) is 1.35. The summed E-state index contributed by atoms with van der Waals surface area (Å²) in [6.07, 6.45) is 5.28. The largest absolute Gasteiger partial charge is 0.465 e. The molecular weight excluding hydrogens is 433 g/mol. The number of esters is 1. The Morgan fingerprint density at radius 2 is 1.78 bits per heavy atom. The van der Waals surface area contributed by atoms with Gasteiger partial charge in [-0.3, -0.25) is 4.79 Å². The van der Waals surface area contributed by atoms with Crippen LogP contribution in [0.4, 0.5) is 10.1 Å². The van der Waals surface area contributed by atoms with Crippen LogP contribution in [-0.4, -0.2) is 31.2 Å². The summed E-state index contributed by atoms with van der Waals surface area (Å²) in [6.45, 7) is 2.23. The number of nitrogens with zero attached hydrogens (tertiary/aromatic N) is 1. The third-order valence-corrected chi connectivity index (χ3v) is 7.51.